The molecule has 0 aliphatic heterocycles. The highest BCUT2D eigenvalue weighted by Gasteiger charge is 2.25. The second kappa shape index (κ2) is 11.7. The molecule has 1 aromatic heterocycles. The zero-order chi connectivity index (χ0) is 26.4. The van der Waals surface area contributed by atoms with Crippen LogP contribution in [-0.4, -0.2) is 44.4 Å². The number of aryl methyl sites for hydroxylation is 1. The molecule has 0 unspecified atom stereocenters. The number of carbonyl (C=O) groups is 2. The minimum absolute atomic E-state index is 0.0218. The van der Waals surface area contributed by atoms with Crippen molar-refractivity contribution in [2.45, 2.75) is 32.0 Å². The van der Waals surface area contributed by atoms with E-state index in [4.69, 9.17) is 4.74 Å². The number of thioether (sulfide) groups is 1. The van der Waals surface area contributed by atoms with Gasteiger partial charge in [-0.3, -0.25) is 19.7 Å². The summed E-state index contributed by atoms with van der Waals surface area (Å²) in [7, 11) is 3.33. The molecule has 0 aliphatic rings. The van der Waals surface area contributed by atoms with Crippen LogP contribution in [0.2, 0.25) is 0 Å². The molecule has 0 fully saturated rings. The number of nitro benzene ring substituents is 1. The molecule has 11 nitrogen and oxygen atoms in total. The van der Waals surface area contributed by atoms with Gasteiger partial charge in [0.1, 0.15) is 5.75 Å². The Morgan fingerprint density at radius 3 is 2.47 bits per heavy atom. The number of rotatable bonds is 10. The lowest BCUT2D eigenvalue weighted by Gasteiger charge is -2.21. The molecule has 0 spiro atoms. The minimum atomic E-state index is -0.487. The van der Waals surface area contributed by atoms with Crippen molar-refractivity contribution in [2.24, 2.45) is 13.0 Å². The van der Waals surface area contributed by atoms with E-state index >= 15 is 0 Å². The molecule has 0 radical (unpaired) electrons. The van der Waals surface area contributed by atoms with Crippen LogP contribution in [0.3, 0.4) is 0 Å². The lowest BCUT2D eigenvalue weighted by atomic mass is 10.0. The van der Waals surface area contributed by atoms with E-state index in [1.165, 1.54) is 17.8 Å². The number of ether oxygens (including phenoxy) is 1. The van der Waals surface area contributed by atoms with Gasteiger partial charge in [-0.15, -0.1) is 10.2 Å². The number of benzene rings is 2. The molecular weight excluding hydrogens is 484 g/mol. The maximum atomic E-state index is 12.8. The van der Waals surface area contributed by atoms with Gasteiger partial charge in [-0.1, -0.05) is 31.7 Å². The van der Waals surface area contributed by atoms with Crippen molar-refractivity contribution in [1.82, 2.24) is 20.1 Å². The number of hydrogen-bond donors (Lipinski definition) is 2. The summed E-state index contributed by atoms with van der Waals surface area (Å²) in [5.41, 5.74) is 1.29. The van der Waals surface area contributed by atoms with Crippen molar-refractivity contribution in [3.05, 3.63) is 69.5 Å². The summed E-state index contributed by atoms with van der Waals surface area (Å²) in [5.74, 6) is 0.679. The van der Waals surface area contributed by atoms with Crippen LogP contribution >= 0.6 is 11.8 Å². The molecule has 2 N–H and O–H groups in total. The maximum absolute atomic E-state index is 12.8. The first-order valence-corrected chi connectivity index (χ1v) is 12.1. The molecule has 12 heteroatoms. The van der Waals surface area contributed by atoms with Gasteiger partial charge in [-0.2, -0.15) is 0 Å². The zero-order valence-corrected chi connectivity index (χ0v) is 21.5. The number of nitro groups is 1. The summed E-state index contributed by atoms with van der Waals surface area (Å²) in [5, 5.41) is 25.8. The van der Waals surface area contributed by atoms with Crippen molar-refractivity contribution in [3.63, 3.8) is 0 Å². The fraction of sp³-hybridized carbons (Fsp3) is 0.333. The van der Waals surface area contributed by atoms with Crippen LogP contribution in [0, 0.1) is 23.0 Å². The normalized spacial score (nSPS) is 11.7. The van der Waals surface area contributed by atoms with Crippen LogP contribution in [0.5, 0.6) is 5.75 Å². The highest BCUT2D eigenvalue weighted by molar-refractivity contribution is 7.99. The molecule has 1 heterocycles. The van der Waals surface area contributed by atoms with Crippen LogP contribution < -0.4 is 15.4 Å². The molecule has 0 aliphatic carbocycles. The van der Waals surface area contributed by atoms with E-state index < -0.39 is 11.0 Å². The Morgan fingerprint density at radius 1 is 1.17 bits per heavy atom. The lowest BCUT2D eigenvalue weighted by Crippen LogP contribution is -2.33. The largest absolute Gasteiger partial charge is 0.497 e. The van der Waals surface area contributed by atoms with E-state index in [-0.39, 0.29) is 29.2 Å². The molecule has 3 aromatic rings. The summed E-state index contributed by atoms with van der Waals surface area (Å²) in [6.07, 6.45) is 0. The zero-order valence-electron chi connectivity index (χ0n) is 20.6. The molecule has 0 saturated heterocycles. The first-order chi connectivity index (χ1) is 17.1. The number of aromatic nitrogens is 3. The van der Waals surface area contributed by atoms with Crippen LogP contribution in [0.4, 0.5) is 11.4 Å². The van der Waals surface area contributed by atoms with Gasteiger partial charge in [0.2, 0.25) is 5.91 Å². The summed E-state index contributed by atoms with van der Waals surface area (Å²) in [6, 6.07) is 10.9. The highest BCUT2D eigenvalue weighted by Crippen LogP contribution is 2.26. The van der Waals surface area contributed by atoms with Gasteiger partial charge in [-0.05, 0) is 43.2 Å². The number of nitrogens with zero attached hydrogens (tertiary/aromatic N) is 4. The molecule has 0 saturated carbocycles. The van der Waals surface area contributed by atoms with Gasteiger partial charge >= 0.3 is 0 Å². The van der Waals surface area contributed by atoms with Gasteiger partial charge in [0.15, 0.2) is 11.0 Å². The fourth-order valence-corrected chi connectivity index (χ4v) is 4.15. The van der Waals surface area contributed by atoms with Gasteiger partial charge < -0.3 is 19.9 Å². The van der Waals surface area contributed by atoms with E-state index in [1.54, 1.807) is 62.0 Å². The maximum Gasteiger partial charge on any atom is 0.274 e. The number of carbonyl (C=O) groups excluding carboxylic acids is 2. The van der Waals surface area contributed by atoms with E-state index in [0.29, 0.717) is 33.5 Å². The fourth-order valence-electron chi connectivity index (χ4n) is 3.43. The Labute approximate surface area is 212 Å². The van der Waals surface area contributed by atoms with Gasteiger partial charge in [0, 0.05) is 29.9 Å². The molecular formula is C24H28N6O5S. The predicted octanol–water partition coefficient (Wildman–Crippen LogP) is 3.90. The van der Waals surface area contributed by atoms with Gasteiger partial charge in [-0.25, -0.2) is 0 Å². The van der Waals surface area contributed by atoms with E-state index in [0.717, 1.165) is 0 Å². The summed E-state index contributed by atoms with van der Waals surface area (Å²) in [6.45, 7) is 5.57. The van der Waals surface area contributed by atoms with Crippen molar-refractivity contribution < 1.29 is 19.2 Å². The smallest absolute Gasteiger partial charge is 0.274 e. The molecule has 2 amide bonds. The summed E-state index contributed by atoms with van der Waals surface area (Å²) in [4.78, 5) is 35.9. The number of methoxy groups -OCH3 is 1. The van der Waals surface area contributed by atoms with Crippen molar-refractivity contribution in [2.75, 3.05) is 18.2 Å². The van der Waals surface area contributed by atoms with Crippen LogP contribution in [-0.2, 0) is 11.8 Å². The van der Waals surface area contributed by atoms with E-state index in [1.807, 2.05) is 13.8 Å². The Bertz CT molecular complexity index is 1260. The number of anilines is 1. The lowest BCUT2D eigenvalue weighted by molar-refractivity contribution is -0.385. The third kappa shape index (κ3) is 6.39. The monoisotopic (exact) mass is 512 g/mol. The third-order valence-electron chi connectivity index (χ3n) is 5.47. The van der Waals surface area contributed by atoms with E-state index in [2.05, 4.69) is 20.8 Å². The topological polar surface area (TPSA) is 141 Å². The summed E-state index contributed by atoms with van der Waals surface area (Å²) < 4.78 is 6.88. The Kier molecular flexibility index (Phi) is 8.64. The van der Waals surface area contributed by atoms with E-state index in [9.17, 15) is 19.7 Å². The quantitative estimate of drug-likeness (QED) is 0.237. The average molecular weight is 513 g/mol. The first kappa shape index (κ1) is 26.7. The summed E-state index contributed by atoms with van der Waals surface area (Å²) >= 11 is 1.17. The first-order valence-electron chi connectivity index (χ1n) is 11.1. The molecule has 2 aromatic carbocycles. The van der Waals surface area contributed by atoms with Crippen molar-refractivity contribution in [1.29, 1.82) is 0 Å². The average Bonchev–Trinajstić information content (AvgIpc) is 3.21. The second-order valence-corrected chi connectivity index (χ2v) is 9.36. The third-order valence-corrected chi connectivity index (χ3v) is 6.49. The number of hydrogen-bond acceptors (Lipinski definition) is 8. The molecule has 36 heavy (non-hydrogen) atoms. The number of nitrogens with one attached hydrogen (secondary N) is 2. The van der Waals surface area contributed by atoms with Crippen LogP contribution in [0.15, 0.2) is 47.6 Å². The Morgan fingerprint density at radius 2 is 1.86 bits per heavy atom. The molecule has 0 bridgehead atoms. The highest BCUT2D eigenvalue weighted by atomic mass is 32.2. The Balaban J connectivity index is 1.66. The Hall–Kier alpha value is -3.93. The molecule has 1 atom stereocenters. The molecule has 190 valence electrons. The SMILES string of the molecule is COc1ccc(C(=O)N[C@@H](c2nnc(SCC(=O)Nc3ccc(C)c([N+](=O)[O-])c3)n2C)C(C)C)cc1. The molecule has 3 rings (SSSR count). The van der Waals surface area contributed by atoms with Crippen LogP contribution in [0.1, 0.15) is 41.6 Å². The van der Waals surface area contributed by atoms with Gasteiger partial charge in [0.05, 0.1) is 23.8 Å². The van der Waals surface area contributed by atoms with Crippen LogP contribution in [0.25, 0.3) is 0 Å². The number of amides is 2. The van der Waals surface area contributed by atoms with Crippen molar-refractivity contribution >= 4 is 35.0 Å². The second-order valence-electron chi connectivity index (χ2n) is 8.42. The van der Waals surface area contributed by atoms with Crippen molar-refractivity contribution in [3.8, 4) is 5.75 Å². The van der Waals surface area contributed by atoms with Gasteiger partial charge in [0.25, 0.3) is 11.6 Å². The predicted molar refractivity (Wildman–Crippen MR) is 136 cm³/mol. The minimum Gasteiger partial charge on any atom is -0.497 e. The standard InChI is InChI=1S/C24H28N6O5S/c1-14(2)21(26-23(32)16-7-10-18(35-5)11-8-16)22-27-28-24(29(22)4)36-13-20(31)25-17-9-6-15(3)19(12-17)30(33)34/h6-12,14,21H,13H2,1-5H3,(H,25,31)(H,26,32)/t21-/m1/s1.